The van der Waals surface area contributed by atoms with Crippen LogP contribution in [0.4, 0.5) is 4.39 Å². The maximum Gasteiger partial charge on any atom is 0.123 e. The summed E-state index contributed by atoms with van der Waals surface area (Å²) < 4.78 is 13.0. The van der Waals surface area contributed by atoms with Gasteiger partial charge < -0.3 is 10.4 Å². The molecule has 2 N–H and O–H groups in total. The second kappa shape index (κ2) is 8.22. The molecule has 102 valence electrons. The Kier molecular flexibility index (Phi) is 6.91. The van der Waals surface area contributed by atoms with Crippen LogP contribution in [0.15, 0.2) is 24.3 Å². The summed E-state index contributed by atoms with van der Waals surface area (Å²) in [5.74, 6) is -0.167. The molecule has 0 aliphatic carbocycles. The van der Waals surface area contributed by atoms with Crippen molar-refractivity contribution in [3.05, 3.63) is 35.6 Å². The van der Waals surface area contributed by atoms with Crippen LogP contribution in [0.5, 0.6) is 0 Å². The molecule has 18 heavy (non-hydrogen) atoms. The number of halogens is 1. The highest BCUT2D eigenvalue weighted by Gasteiger charge is 2.09. The van der Waals surface area contributed by atoms with Gasteiger partial charge in [0.15, 0.2) is 0 Å². The maximum absolute atomic E-state index is 13.0. The lowest BCUT2D eigenvalue weighted by atomic mass is 10.0. The Labute approximate surface area is 109 Å². The number of aryl methyl sites for hydroxylation is 1. The first-order valence-corrected chi connectivity index (χ1v) is 6.77. The number of nitrogens with one attached hydrogen (secondary N) is 1. The molecule has 2 nitrogen and oxygen atoms in total. The lowest BCUT2D eigenvalue weighted by molar-refractivity contribution is 0.255. The highest BCUT2D eigenvalue weighted by atomic mass is 19.1. The van der Waals surface area contributed by atoms with Gasteiger partial charge in [0, 0.05) is 18.7 Å². The van der Waals surface area contributed by atoms with E-state index >= 15 is 0 Å². The van der Waals surface area contributed by atoms with Crippen LogP contribution < -0.4 is 5.32 Å². The molecule has 0 spiro atoms. The monoisotopic (exact) mass is 253 g/mol. The van der Waals surface area contributed by atoms with Gasteiger partial charge in [-0.15, -0.1) is 0 Å². The first kappa shape index (κ1) is 15.1. The molecular formula is C15H24FNO. The average Bonchev–Trinajstić information content (AvgIpc) is 2.36. The van der Waals surface area contributed by atoms with E-state index in [-0.39, 0.29) is 12.4 Å². The predicted molar refractivity (Wildman–Crippen MR) is 73.1 cm³/mol. The summed E-state index contributed by atoms with van der Waals surface area (Å²) in [6.07, 6.45) is 3.67. The van der Waals surface area contributed by atoms with E-state index in [1.54, 1.807) is 12.1 Å². The van der Waals surface area contributed by atoms with Crippen LogP contribution in [-0.2, 0) is 6.42 Å². The molecule has 1 aromatic carbocycles. The summed E-state index contributed by atoms with van der Waals surface area (Å²) in [5.41, 5.74) is 1.04. The zero-order valence-corrected chi connectivity index (χ0v) is 11.3. The predicted octanol–water partition coefficient (Wildman–Crippen LogP) is 2.90. The van der Waals surface area contributed by atoms with Gasteiger partial charge in [0.2, 0.25) is 0 Å². The van der Waals surface area contributed by atoms with Gasteiger partial charge >= 0.3 is 0 Å². The van der Waals surface area contributed by atoms with Crippen molar-refractivity contribution in [2.45, 2.75) is 51.6 Å². The zero-order chi connectivity index (χ0) is 13.4. The molecule has 0 aromatic heterocycles. The molecule has 2 unspecified atom stereocenters. The first-order chi connectivity index (χ1) is 8.65. The van der Waals surface area contributed by atoms with Crippen molar-refractivity contribution in [1.29, 1.82) is 0 Å². The van der Waals surface area contributed by atoms with E-state index in [1.807, 2.05) is 6.07 Å². The molecule has 0 saturated heterocycles. The van der Waals surface area contributed by atoms with Gasteiger partial charge in [-0.1, -0.05) is 19.1 Å². The SMILES string of the molecule is CCC(CCO)NC(C)CCc1cccc(F)c1. The van der Waals surface area contributed by atoms with Crippen molar-refractivity contribution in [3.63, 3.8) is 0 Å². The number of rotatable bonds is 8. The van der Waals surface area contributed by atoms with Crippen LogP contribution in [0.3, 0.4) is 0 Å². The standard InChI is InChI=1S/C15H24FNO/c1-3-15(9-10-18)17-12(2)7-8-13-5-4-6-14(16)11-13/h4-6,11-12,15,17-18H,3,7-10H2,1-2H3. The topological polar surface area (TPSA) is 32.3 Å². The van der Waals surface area contributed by atoms with E-state index < -0.39 is 0 Å². The van der Waals surface area contributed by atoms with Crippen LogP contribution in [0.25, 0.3) is 0 Å². The van der Waals surface area contributed by atoms with E-state index in [4.69, 9.17) is 5.11 Å². The van der Waals surface area contributed by atoms with Crippen LogP contribution in [0, 0.1) is 5.82 Å². The Hall–Kier alpha value is -0.930. The van der Waals surface area contributed by atoms with Gasteiger partial charge in [-0.25, -0.2) is 4.39 Å². The van der Waals surface area contributed by atoms with Crippen LogP contribution in [-0.4, -0.2) is 23.8 Å². The molecule has 3 heteroatoms. The molecule has 0 heterocycles. The van der Waals surface area contributed by atoms with Crippen molar-refractivity contribution in [1.82, 2.24) is 5.32 Å². The van der Waals surface area contributed by atoms with Gasteiger partial charge in [-0.2, -0.15) is 0 Å². The fraction of sp³-hybridized carbons (Fsp3) is 0.600. The van der Waals surface area contributed by atoms with Crippen molar-refractivity contribution in [2.75, 3.05) is 6.61 Å². The number of hydrogen-bond acceptors (Lipinski definition) is 2. The molecule has 0 aliphatic rings. The molecule has 0 saturated carbocycles. The quantitative estimate of drug-likeness (QED) is 0.746. The minimum atomic E-state index is -0.167. The third-order valence-corrected chi connectivity index (χ3v) is 3.25. The van der Waals surface area contributed by atoms with Crippen molar-refractivity contribution in [3.8, 4) is 0 Å². The summed E-state index contributed by atoms with van der Waals surface area (Å²) in [7, 11) is 0. The highest BCUT2D eigenvalue weighted by Crippen LogP contribution is 2.09. The maximum atomic E-state index is 13.0. The summed E-state index contributed by atoms with van der Waals surface area (Å²) in [5, 5.41) is 12.4. The molecule has 0 aliphatic heterocycles. The zero-order valence-electron chi connectivity index (χ0n) is 11.3. The van der Waals surface area contributed by atoms with E-state index in [9.17, 15) is 4.39 Å². The molecule has 0 fully saturated rings. The lowest BCUT2D eigenvalue weighted by Gasteiger charge is -2.21. The summed E-state index contributed by atoms with van der Waals surface area (Å²) in [6.45, 7) is 4.48. The van der Waals surface area contributed by atoms with Gasteiger partial charge in [-0.3, -0.25) is 0 Å². The summed E-state index contributed by atoms with van der Waals surface area (Å²) in [4.78, 5) is 0. The number of aliphatic hydroxyl groups is 1. The Balaban J connectivity index is 2.34. The third kappa shape index (κ3) is 5.61. The molecule has 1 aromatic rings. The first-order valence-electron chi connectivity index (χ1n) is 6.77. The smallest absolute Gasteiger partial charge is 0.123 e. The third-order valence-electron chi connectivity index (χ3n) is 3.25. The second-order valence-electron chi connectivity index (χ2n) is 4.85. The minimum Gasteiger partial charge on any atom is -0.396 e. The number of hydrogen-bond donors (Lipinski definition) is 2. The van der Waals surface area contributed by atoms with Crippen LogP contribution in [0.1, 0.15) is 38.7 Å². The lowest BCUT2D eigenvalue weighted by Crippen LogP contribution is -2.37. The highest BCUT2D eigenvalue weighted by molar-refractivity contribution is 5.16. The van der Waals surface area contributed by atoms with Gasteiger partial charge in [0.05, 0.1) is 0 Å². The van der Waals surface area contributed by atoms with Crippen molar-refractivity contribution < 1.29 is 9.50 Å². The van der Waals surface area contributed by atoms with E-state index in [0.717, 1.165) is 31.2 Å². The van der Waals surface area contributed by atoms with Gasteiger partial charge in [-0.05, 0) is 50.3 Å². The van der Waals surface area contributed by atoms with Gasteiger partial charge in [0.25, 0.3) is 0 Å². The largest absolute Gasteiger partial charge is 0.396 e. The van der Waals surface area contributed by atoms with Crippen LogP contribution >= 0.6 is 0 Å². The Morgan fingerprint density at radius 1 is 1.33 bits per heavy atom. The van der Waals surface area contributed by atoms with E-state index in [2.05, 4.69) is 19.2 Å². The molecule has 1 rings (SSSR count). The second-order valence-corrected chi connectivity index (χ2v) is 4.85. The normalized spacial score (nSPS) is 14.4. The Morgan fingerprint density at radius 2 is 2.11 bits per heavy atom. The van der Waals surface area contributed by atoms with Crippen molar-refractivity contribution in [2.24, 2.45) is 0 Å². The minimum absolute atomic E-state index is 0.167. The van der Waals surface area contributed by atoms with Crippen molar-refractivity contribution >= 4 is 0 Å². The average molecular weight is 253 g/mol. The van der Waals surface area contributed by atoms with E-state index in [0.29, 0.717) is 12.1 Å². The molecule has 0 radical (unpaired) electrons. The fourth-order valence-corrected chi connectivity index (χ4v) is 2.12. The molecule has 0 amide bonds. The van der Waals surface area contributed by atoms with Crippen LogP contribution in [0.2, 0.25) is 0 Å². The summed E-state index contributed by atoms with van der Waals surface area (Å²) >= 11 is 0. The Bertz CT molecular complexity index is 343. The Morgan fingerprint density at radius 3 is 2.72 bits per heavy atom. The number of aliphatic hydroxyl groups excluding tert-OH is 1. The molecule has 0 bridgehead atoms. The van der Waals surface area contributed by atoms with Gasteiger partial charge in [0.1, 0.15) is 5.82 Å². The summed E-state index contributed by atoms with van der Waals surface area (Å²) in [6, 6.07) is 7.53. The van der Waals surface area contributed by atoms with E-state index in [1.165, 1.54) is 6.07 Å². The molecule has 2 atom stereocenters. The fourth-order valence-electron chi connectivity index (χ4n) is 2.12. The number of benzene rings is 1. The molecular weight excluding hydrogens is 229 g/mol.